The Morgan fingerprint density at radius 2 is 2.07 bits per heavy atom. The van der Waals surface area contributed by atoms with Crippen LogP contribution in [0.1, 0.15) is 22.4 Å². The van der Waals surface area contributed by atoms with Gasteiger partial charge in [0.2, 0.25) is 5.91 Å². The van der Waals surface area contributed by atoms with E-state index in [1.54, 1.807) is 18.2 Å². The van der Waals surface area contributed by atoms with E-state index in [-0.39, 0.29) is 17.4 Å². The van der Waals surface area contributed by atoms with E-state index in [0.29, 0.717) is 11.3 Å². The fraction of sp³-hybridized carbons (Fsp3) is 0.227. The number of aromatic nitrogens is 1. The molecule has 0 aliphatic rings. The Morgan fingerprint density at radius 3 is 2.83 bits per heavy atom. The number of methoxy groups -OCH3 is 1. The second-order valence-electron chi connectivity index (χ2n) is 6.72. The Balaban J connectivity index is 1.69. The maximum absolute atomic E-state index is 12.2. The molecule has 2 aromatic carbocycles. The highest BCUT2D eigenvalue weighted by molar-refractivity contribution is 8.00. The molecule has 6 nitrogen and oxygen atoms in total. The third-order valence-electron chi connectivity index (χ3n) is 4.34. The van der Waals surface area contributed by atoms with Crippen molar-refractivity contribution in [3.8, 4) is 11.5 Å². The minimum Gasteiger partial charge on any atom is -0.504 e. The number of phenols is 1. The molecule has 3 aromatic rings. The van der Waals surface area contributed by atoms with Gasteiger partial charge in [0.25, 0.3) is 0 Å². The molecule has 0 spiro atoms. The summed E-state index contributed by atoms with van der Waals surface area (Å²) in [5.74, 6) is 0.307. The molecule has 2 N–H and O–H groups in total. The van der Waals surface area contributed by atoms with E-state index in [4.69, 9.17) is 4.74 Å². The molecule has 0 saturated carbocycles. The smallest absolute Gasteiger partial charge is 0.250 e. The predicted molar refractivity (Wildman–Crippen MR) is 117 cm³/mol. The zero-order valence-corrected chi connectivity index (χ0v) is 17.6. The highest BCUT2D eigenvalue weighted by Crippen LogP contribution is 2.30. The van der Waals surface area contributed by atoms with Crippen molar-refractivity contribution in [1.29, 1.82) is 0 Å². The van der Waals surface area contributed by atoms with E-state index in [9.17, 15) is 9.90 Å². The van der Waals surface area contributed by atoms with Crippen LogP contribution in [-0.2, 0) is 4.79 Å². The number of hydrogen-bond donors (Lipinski definition) is 2. The van der Waals surface area contributed by atoms with Crippen LogP contribution in [0.4, 0.5) is 0 Å². The number of aromatic hydroxyl groups is 1. The van der Waals surface area contributed by atoms with Crippen LogP contribution in [0.5, 0.6) is 11.5 Å². The van der Waals surface area contributed by atoms with Crippen molar-refractivity contribution in [2.75, 3.05) is 12.9 Å². The van der Waals surface area contributed by atoms with Gasteiger partial charge in [-0.1, -0.05) is 17.7 Å². The molecular formula is C22H23N3O3S. The molecular weight excluding hydrogens is 386 g/mol. The van der Waals surface area contributed by atoms with Gasteiger partial charge in [-0.2, -0.15) is 5.10 Å². The number of hydrazone groups is 1. The highest BCUT2D eigenvalue weighted by atomic mass is 32.2. The molecule has 29 heavy (non-hydrogen) atoms. The molecule has 0 aliphatic heterocycles. The first-order valence-corrected chi connectivity index (χ1v) is 10.1. The summed E-state index contributed by atoms with van der Waals surface area (Å²) in [6.45, 7) is 6.05. The molecule has 7 heteroatoms. The number of amides is 1. The molecule has 3 rings (SSSR count). The standard InChI is InChI=1S/C22H23N3O3S/c1-13-8-14(2)21-17(9-13)19(10-15(3)24-21)29-12-20(26)25-23-11-16-6-5-7-18(28-4)22(16)27/h5-11,27H,12H2,1-4H3,(H,25,26)/b23-11-. The summed E-state index contributed by atoms with van der Waals surface area (Å²) < 4.78 is 5.05. The minimum atomic E-state index is -0.236. The van der Waals surface area contributed by atoms with Gasteiger partial charge in [0.15, 0.2) is 11.5 Å². The summed E-state index contributed by atoms with van der Waals surface area (Å²) in [6.07, 6.45) is 1.39. The van der Waals surface area contributed by atoms with Crippen molar-refractivity contribution < 1.29 is 14.6 Å². The monoisotopic (exact) mass is 409 g/mol. The van der Waals surface area contributed by atoms with Gasteiger partial charge in [-0.15, -0.1) is 11.8 Å². The number of carbonyl (C=O) groups is 1. The molecule has 1 aromatic heterocycles. The van der Waals surface area contributed by atoms with Crippen molar-refractivity contribution in [2.45, 2.75) is 25.7 Å². The molecule has 0 atom stereocenters. The molecule has 0 unspecified atom stereocenters. The Hall–Kier alpha value is -3.06. The summed E-state index contributed by atoms with van der Waals surface area (Å²) in [4.78, 5) is 17.9. The lowest BCUT2D eigenvalue weighted by molar-refractivity contribution is -0.118. The average Bonchev–Trinajstić information content (AvgIpc) is 2.68. The first-order valence-electron chi connectivity index (χ1n) is 9.08. The lowest BCUT2D eigenvalue weighted by atomic mass is 10.1. The fourth-order valence-corrected chi connectivity index (χ4v) is 3.97. The van der Waals surface area contributed by atoms with Gasteiger partial charge in [0.1, 0.15) is 0 Å². The van der Waals surface area contributed by atoms with E-state index >= 15 is 0 Å². The topological polar surface area (TPSA) is 83.8 Å². The van der Waals surface area contributed by atoms with Crippen LogP contribution in [-0.4, -0.2) is 35.1 Å². The largest absolute Gasteiger partial charge is 0.504 e. The SMILES string of the molecule is COc1cccc(/C=N\NC(=O)CSc2cc(C)nc3c(C)cc(C)cc23)c1O. The van der Waals surface area contributed by atoms with Gasteiger partial charge in [-0.05, 0) is 50.6 Å². The van der Waals surface area contributed by atoms with Crippen LogP contribution in [0.3, 0.4) is 0 Å². The number of carbonyl (C=O) groups excluding carboxylic acids is 1. The third kappa shape index (κ3) is 4.86. The van der Waals surface area contributed by atoms with Gasteiger partial charge in [0, 0.05) is 21.5 Å². The van der Waals surface area contributed by atoms with E-state index in [0.717, 1.165) is 32.6 Å². The number of ether oxygens (including phenoxy) is 1. The van der Waals surface area contributed by atoms with Crippen LogP contribution >= 0.6 is 11.8 Å². The van der Waals surface area contributed by atoms with Crippen LogP contribution in [0.25, 0.3) is 10.9 Å². The molecule has 0 radical (unpaired) electrons. The number of pyridine rings is 1. The van der Waals surface area contributed by atoms with Crippen LogP contribution in [0, 0.1) is 20.8 Å². The number of para-hydroxylation sites is 1. The van der Waals surface area contributed by atoms with Crippen molar-refractivity contribution in [3.63, 3.8) is 0 Å². The number of benzene rings is 2. The van der Waals surface area contributed by atoms with Gasteiger partial charge in [-0.25, -0.2) is 5.43 Å². The lowest BCUT2D eigenvalue weighted by Gasteiger charge is -2.10. The highest BCUT2D eigenvalue weighted by Gasteiger charge is 2.10. The zero-order chi connectivity index (χ0) is 21.0. The minimum absolute atomic E-state index is 0.0214. The van der Waals surface area contributed by atoms with E-state index < -0.39 is 0 Å². The van der Waals surface area contributed by atoms with Crippen molar-refractivity contribution in [3.05, 3.63) is 58.8 Å². The average molecular weight is 410 g/mol. The summed E-state index contributed by atoms with van der Waals surface area (Å²) >= 11 is 1.45. The van der Waals surface area contributed by atoms with Gasteiger partial charge >= 0.3 is 0 Å². The molecule has 1 heterocycles. The van der Waals surface area contributed by atoms with Crippen LogP contribution in [0.15, 0.2) is 46.4 Å². The third-order valence-corrected chi connectivity index (χ3v) is 5.40. The van der Waals surface area contributed by atoms with Crippen LogP contribution in [0.2, 0.25) is 0 Å². The van der Waals surface area contributed by atoms with Crippen molar-refractivity contribution in [1.82, 2.24) is 10.4 Å². The number of rotatable bonds is 6. The Kier molecular flexibility index (Phi) is 6.39. The van der Waals surface area contributed by atoms with Crippen molar-refractivity contribution in [2.24, 2.45) is 5.10 Å². The lowest BCUT2D eigenvalue weighted by Crippen LogP contribution is -2.19. The second-order valence-corrected chi connectivity index (χ2v) is 7.74. The quantitative estimate of drug-likeness (QED) is 0.364. The van der Waals surface area contributed by atoms with E-state index in [1.807, 2.05) is 19.9 Å². The summed E-state index contributed by atoms with van der Waals surface area (Å²) in [6, 6.07) is 11.3. The van der Waals surface area contributed by atoms with Gasteiger partial charge in [-0.3, -0.25) is 9.78 Å². The fourth-order valence-electron chi connectivity index (χ4n) is 3.05. The molecule has 0 aliphatic carbocycles. The summed E-state index contributed by atoms with van der Waals surface area (Å²) in [7, 11) is 1.47. The normalized spacial score (nSPS) is 11.2. The zero-order valence-electron chi connectivity index (χ0n) is 16.8. The van der Waals surface area contributed by atoms with Crippen LogP contribution < -0.4 is 10.2 Å². The number of thioether (sulfide) groups is 1. The van der Waals surface area contributed by atoms with E-state index in [1.165, 1.54) is 25.1 Å². The Labute approximate surface area is 174 Å². The molecule has 0 bridgehead atoms. The summed E-state index contributed by atoms with van der Waals surface area (Å²) in [5.41, 5.74) is 7.11. The number of nitrogens with one attached hydrogen (secondary N) is 1. The Bertz CT molecular complexity index is 1100. The molecule has 1 amide bonds. The number of nitrogens with zero attached hydrogens (tertiary/aromatic N) is 2. The van der Waals surface area contributed by atoms with E-state index in [2.05, 4.69) is 34.6 Å². The number of aryl methyl sites for hydroxylation is 3. The van der Waals surface area contributed by atoms with Gasteiger partial charge in [0.05, 0.1) is 24.6 Å². The summed E-state index contributed by atoms with van der Waals surface area (Å²) in [5, 5.41) is 15.0. The Morgan fingerprint density at radius 1 is 1.28 bits per heavy atom. The number of hydrogen-bond acceptors (Lipinski definition) is 6. The van der Waals surface area contributed by atoms with Gasteiger partial charge < -0.3 is 9.84 Å². The number of fused-ring (bicyclic) bond motifs is 1. The maximum Gasteiger partial charge on any atom is 0.250 e. The first-order chi connectivity index (χ1) is 13.9. The first kappa shape index (κ1) is 20.7. The molecule has 0 saturated heterocycles. The number of phenolic OH excluding ortho intramolecular Hbond substituents is 1. The van der Waals surface area contributed by atoms with Crippen molar-refractivity contribution >= 4 is 34.8 Å². The molecule has 0 fully saturated rings. The molecule has 150 valence electrons. The predicted octanol–water partition coefficient (Wildman–Crippen LogP) is 4.12. The maximum atomic E-state index is 12.2. The second kappa shape index (κ2) is 8.96.